The van der Waals surface area contributed by atoms with E-state index in [0.29, 0.717) is 0 Å². The Bertz CT molecular complexity index is 669. The van der Waals surface area contributed by atoms with E-state index in [0.717, 1.165) is 11.1 Å². The molecule has 1 unspecified atom stereocenters. The quantitative estimate of drug-likeness (QED) is 0.567. The first-order chi connectivity index (χ1) is 8.69. The minimum atomic E-state index is -0.189. The molecule has 2 heterocycles. The lowest BCUT2D eigenvalue weighted by Crippen LogP contribution is -2.16. The maximum absolute atomic E-state index is 4.38. The number of hydrogen-bond acceptors (Lipinski definition) is 2. The van der Waals surface area contributed by atoms with E-state index >= 15 is 0 Å². The van der Waals surface area contributed by atoms with Gasteiger partial charge >= 0.3 is 0 Å². The van der Waals surface area contributed by atoms with Gasteiger partial charge in [0, 0.05) is 24.0 Å². The van der Waals surface area contributed by atoms with Crippen molar-refractivity contribution in [2.75, 3.05) is 0 Å². The summed E-state index contributed by atoms with van der Waals surface area (Å²) in [5, 5.41) is 2.39. The number of benzene rings is 1. The van der Waals surface area contributed by atoms with Crippen LogP contribution in [0, 0.1) is 0 Å². The number of aromatic amines is 1. The number of rotatable bonds is 2. The molecular formula is C14H12IN3. The van der Waals surface area contributed by atoms with Crippen LogP contribution in [0.15, 0.2) is 49.2 Å². The van der Waals surface area contributed by atoms with Gasteiger partial charge in [-0.15, -0.1) is 0 Å². The van der Waals surface area contributed by atoms with Crippen LogP contribution in [0.3, 0.4) is 0 Å². The summed E-state index contributed by atoms with van der Waals surface area (Å²) in [4.78, 5) is 11.7. The fourth-order valence-corrected chi connectivity index (χ4v) is 2.87. The van der Waals surface area contributed by atoms with Gasteiger partial charge in [0.15, 0.2) is 0 Å². The van der Waals surface area contributed by atoms with Gasteiger partial charge in [0.2, 0.25) is 0 Å². The summed E-state index contributed by atoms with van der Waals surface area (Å²) >= 11 is 2.43. The van der Waals surface area contributed by atoms with Crippen LogP contribution >= 0.6 is 22.6 Å². The molecule has 0 spiro atoms. The number of hydrogen-bond donors (Lipinski definition) is 1. The number of nitrogens with one attached hydrogen (secondary N) is 1. The second-order valence-corrected chi connectivity index (χ2v) is 6.52. The molecular weight excluding hydrogens is 337 g/mol. The summed E-state index contributed by atoms with van der Waals surface area (Å²) in [6.07, 6.45) is 7.48. The number of imidazole rings is 1. The number of nitrogens with zero attached hydrogens (tertiary/aromatic N) is 2. The Kier molecular flexibility index (Phi) is 2.81. The fraction of sp³-hybridized carbons (Fsp3) is 0.143. The van der Waals surface area contributed by atoms with Gasteiger partial charge in [0.1, 0.15) is 0 Å². The Morgan fingerprint density at radius 2 is 2.06 bits per heavy atom. The summed E-state index contributed by atoms with van der Waals surface area (Å²) in [6, 6.07) is 8.31. The Balaban J connectivity index is 2.26. The lowest BCUT2D eigenvalue weighted by Gasteiger charge is -2.22. The van der Waals surface area contributed by atoms with Crippen molar-refractivity contribution < 1.29 is 0 Å². The number of alkyl halides is 1. The number of pyridine rings is 1. The summed E-state index contributed by atoms with van der Waals surface area (Å²) in [5.74, 6) is 0. The van der Waals surface area contributed by atoms with Crippen LogP contribution < -0.4 is 0 Å². The van der Waals surface area contributed by atoms with Crippen LogP contribution in [-0.4, -0.2) is 15.0 Å². The molecule has 0 aliphatic rings. The molecule has 1 atom stereocenters. The lowest BCUT2D eigenvalue weighted by atomic mass is 9.95. The standard InChI is InChI=1S/C14H12IN3/c1-14(15,13-8-17-9-18-13)12-7-16-6-10-4-2-3-5-11(10)12/h2-9H,1H3,(H,17,18). The average Bonchev–Trinajstić information content (AvgIpc) is 2.92. The molecule has 0 aliphatic carbocycles. The molecule has 0 bridgehead atoms. The van der Waals surface area contributed by atoms with Gasteiger partial charge in [-0.2, -0.15) is 0 Å². The molecule has 4 heteroatoms. The predicted octanol–water partition coefficient (Wildman–Crippen LogP) is 3.66. The molecule has 0 aliphatic heterocycles. The molecule has 2 aromatic heterocycles. The van der Waals surface area contributed by atoms with Crippen molar-refractivity contribution in [2.24, 2.45) is 0 Å². The van der Waals surface area contributed by atoms with Crippen LogP contribution in [0.25, 0.3) is 10.8 Å². The topological polar surface area (TPSA) is 41.6 Å². The SMILES string of the molecule is CC(I)(c1c[nH]cn1)c1cncc2ccccc12. The van der Waals surface area contributed by atoms with Crippen molar-refractivity contribution in [3.8, 4) is 0 Å². The molecule has 1 N–H and O–H groups in total. The van der Waals surface area contributed by atoms with E-state index in [2.05, 4.69) is 62.7 Å². The van der Waals surface area contributed by atoms with Gasteiger partial charge in [0.05, 0.1) is 15.4 Å². The molecule has 18 heavy (non-hydrogen) atoms. The van der Waals surface area contributed by atoms with Gasteiger partial charge < -0.3 is 4.98 Å². The van der Waals surface area contributed by atoms with E-state index in [1.807, 2.05) is 24.7 Å². The smallest absolute Gasteiger partial charge is 0.0923 e. The van der Waals surface area contributed by atoms with E-state index in [-0.39, 0.29) is 3.42 Å². The first-order valence-electron chi connectivity index (χ1n) is 5.71. The van der Waals surface area contributed by atoms with Gasteiger partial charge in [-0.1, -0.05) is 46.9 Å². The maximum Gasteiger partial charge on any atom is 0.0923 e. The Morgan fingerprint density at radius 1 is 1.22 bits per heavy atom. The molecule has 0 saturated carbocycles. The first-order valence-corrected chi connectivity index (χ1v) is 6.79. The number of halogens is 1. The Labute approximate surface area is 119 Å². The van der Waals surface area contributed by atoms with E-state index in [1.54, 1.807) is 6.33 Å². The second kappa shape index (κ2) is 4.35. The van der Waals surface area contributed by atoms with Gasteiger partial charge in [0.25, 0.3) is 0 Å². The van der Waals surface area contributed by atoms with Crippen molar-refractivity contribution in [2.45, 2.75) is 10.3 Å². The highest BCUT2D eigenvalue weighted by atomic mass is 127. The van der Waals surface area contributed by atoms with Crippen molar-refractivity contribution in [1.29, 1.82) is 0 Å². The van der Waals surface area contributed by atoms with Gasteiger partial charge in [-0.3, -0.25) is 4.98 Å². The van der Waals surface area contributed by atoms with Crippen LogP contribution in [0.2, 0.25) is 0 Å². The molecule has 3 rings (SSSR count). The molecule has 0 radical (unpaired) electrons. The fourth-order valence-electron chi connectivity index (χ4n) is 2.15. The summed E-state index contributed by atoms with van der Waals surface area (Å²) in [7, 11) is 0. The summed E-state index contributed by atoms with van der Waals surface area (Å²) in [6.45, 7) is 2.16. The Morgan fingerprint density at radius 3 is 2.83 bits per heavy atom. The van der Waals surface area contributed by atoms with Crippen LogP contribution in [0.1, 0.15) is 18.2 Å². The molecule has 3 aromatic rings. The predicted molar refractivity (Wildman–Crippen MR) is 80.8 cm³/mol. The minimum absolute atomic E-state index is 0.189. The number of aromatic nitrogens is 3. The van der Waals surface area contributed by atoms with E-state index < -0.39 is 0 Å². The normalized spacial score (nSPS) is 14.6. The molecule has 0 fully saturated rings. The zero-order valence-corrected chi connectivity index (χ0v) is 12.0. The largest absolute Gasteiger partial charge is 0.351 e. The second-order valence-electron chi connectivity index (χ2n) is 4.37. The molecule has 90 valence electrons. The minimum Gasteiger partial charge on any atom is -0.351 e. The van der Waals surface area contributed by atoms with E-state index in [9.17, 15) is 0 Å². The van der Waals surface area contributed by atoms with Crippen molar-refractivity contribution in [3.05, 3.63) is 60.4 Å². The average molecular weight is 349 g/mol. The van der Waals surface area contributed by atoms with Crippen LogP contribution in [-0.2, 0) is 3.42 Å². The van der Waals surface area contributed by atoms with Crippen LogP contribution in [0.5, 0.6) is 0 Å². The zero-order valence-electron chi connectivity index (χ0n) is 9.89. The molecule has 3 nitrogen and oxygen atoms in total. The van der Waals surface area contributed by atoms with Gasteiger partial charge in [-0.25, -0.2) is 4.98 Å². The molecule has 1 aromatic carbocycles. The highest BCUT2D eigenvalue weighted by molar-refractivity contribution is 14.1. The van der Waals surface area contributed by atoms with Gasteiger partial charge in [-0.05, 0) is 17.9 Å². The Hall–Kier alpha value is -1.43. The maximum atomic E-state index is 4.38. The van der Waals surface area contributed by atoms with Crippen LogP contribution in [0.4, 0.5) is 0 Å². The lowest BCUT2D eigenvalue weighted by molar-refractivity contribution is 0.849. The highest BCUT2D eigenvalue weighted by Crippen LogP contribution is 2.40. The number of fused-ring (bicyclic) bond motifs is 1. The first kappa shape index (κ1) is 11.6. The summed E-state index contributed by atoms with van der Waals surface area (Å²) in [5.41, 5.74) is 2.20. The third-order valence-corrected chi connectivity index (χ3v) is 4.29. The van der Waals surface area contributed by atoms with E-state index in [1.165, 1.54) is 10.9 Å². The third-order valence-electron chi connectivity index (χ3n) is 3.15. The molecule has 0 amide bonds. The molecule has 0 saturated heterocycles. The monoisotopic (exact) mass is 349 g/mol. The van der Waals surface area contributed by atoms with Crippen molar-refractivity contribution >= 4 is 33.4 Å². The van der Waals surface area contributed by atoms with E-state index in [4.69, 9.17) is 0 Å². The van der Waals surface area contributed by atoms with Crippen molar-refractivity contribution in [1.82, 2.24) is 15.0 Å². The third kappa shape index (κ3) is 1.80. The highest BCUT2D eigenvalue weighted by Gasteiger charge is 2.29. The summed E-state index contributed by atoms with van der Waals surface area (Å²) < 4.78 is -0.189. The van der Waals surface area contributed by atoms with Crippen molar-refractivity contribution in [3.63, 3.8) is 0 Å². The number of H-pyrrole nitrogens is 1. The zero-order chi connectivity index (χ0) is 12.6.